The number of benzene rings is 1. The molecular formula is C12H15BrO4. The molecule has 5 heteroatoms. The normalized spacial score (nSPS) is 24.6. The summed E-state index contributed by atoms with van der Waals surface area (Å²) in [4.78, 5) is 0. The molecule has 94 valence electrons. The van der Waals surface area contributed by atoms with E-state index in [1.54, 1.807) is 0 Å². The van der Waals surface area contributed by atoms with Crippen molar-refractivity contribution in [3.63, 3.8) is 0 Å². The number of ether oxygens (including phenoxy) is 3. The molecule has 1 saturated heterocycles. The van der Waals surface area contributed by atoms with Gasteiger partial charge < -0.3 is 19.3 Å². The minimum Gasteiger partial charge on any atom is -0.491 e. The SMILES string of the molecule is OCC1COC[C@@H](COc2ccc(Br)cc2)O1. The van der Waals surface area contributed by atoms with E-state index in [-0.39, 0.29) is 18.8 Å². The summed E-state index contributed by atoms with van der Waals surface area (Å²) in [6, 6.07) is 7.61. The third-order valence-corrected chi connectivity index (χ3v) is 2.97. The molecule has 1 aromatic rings. The van der Waals surface area contributed by atoms with Gasteiger partial charge in [0.15, 0.2) is 0 Å². The minimum absolute atomic E-state index is 0.0191. The first-order valence-electron chi connectivity index (χ1n) is 5.50. The third kappa shape index (κ3) is 3.96. The lowest BCUT2D eigenvalue weighted by Gasteiger charge is -2.28. The van der Waals surface area contributed by atoms with E-state index in [0.29, 0.717) is 19.8 Å². The lowest BCUT2D eigenvalue weighted by Crippen LogP contribution is -2.41. The Labute approximate surface area is 109 Å². The van der Waals surface area contributed by atoms with E-state index >= 15 is 0 Å². The average molecular weight is 303 g/mol. The van der Waals surface area contributed by atoms with Gasteiger partial charge in [-0.1, -0.05) is 15.9 Å². The van der Waals surface area contributed by atoms with Gasteiger partial charge in [-0.3, -0.25) is 0 Å². The smallest absolute Gasteiger partial charge is 0.119 e. The molecule has 1 N–H and O–H groups in total. The van der Waals surface area contributed by atoms with E-state index in [9.17, 15) is 0 Å². The van der Waals surface area contributed by atoms with E-state index in [4.69, 9.17) is 19.3 Å². The van der Waals surface area contributed by atoms with Gasteiger partial charge >= 0.3 is 0 Å². The lowest BCUT2D eigenvalue weighted by molar-refractivity contribution is -0.158. The van der Waals surface area contributed by atoms with Crippen molar-refractivity contribution in [2.24, 2.45) is 0 Å². The largest absolute Gasteiger partial charge is 0.491 e. The summed E-state index contributed by atoms with van der Waals surface area (Å²) in [6.07, 6.45) is -0.355. The van der Waals surface area contributed by atoms with E-state index in [1.165, 1.54) is 0 Å². The fourth-order valence-corrected chi connectivity index (χ4v) is 1.85. The number of hydrogen-bond donors (Lipinski definition) is 1. The standard InChI is InChI=1S/C12H15BrO4/c13-9-1-3-10(4-2-9)16-8-12-7-15-6-11(5-14)17-12/h1-4,11-12,14H,5-8H2/t11?,12-/m0/s1. The molecule has 0 aliphatic carbocycles. The van der Waals surface area contributed by atoms with Crippen LogP contribution in [0, 0.1) is 0 Å². The minimum atomic E-state index is -0.234. The first-order chi connectivity index (χ1) is 8.28. The summed E-state index contributed by atoms with van der Waals surface area (Å²) in [5, 5.41) is 8.97. The summed E-state index contributed by atoms with van der Waals surface area (Å²) >= 11 is 3.36. The zero-order valence-electron chi connectivity index (χ0n) is 9.34. The molecule has 1 aliphatic heterocycles. The predicted octanol–water partition coefficient (Wildman–Crippen LogP) is 1.60. The summed E-state index contributed by atoms with van der Waals surface area (Å²) in [7, 11) is 0. The number of aliphatic hydroxyl groups is 1. The van der Waals surface area contributed by atoms with Crippen LogP contribution in [0.5, 0.6) is 5.75 Å². The quantitative estimate of drug-likeness (QED) is 0.918. The van der Waals surface area contributed by atoms with E-state index in [2.05, 4.69) is 15.9 Å². The van der Waals surface area contributed by atoms with Crippen LogP contribution in [-0.4, -0.2) is 43.7 Å². The molecule has 1 aromatic carbocycles. The van der Waals surface area contributed by atoms with Crippen LogP contribution in [0.15, 0.2) is 28.7 Å². The lowest BCUT2D eigenvalue weighted by atomic mass is 10.3. The molecular weight excluding hydrogens is 288 g/mol. The summed E-state index contributed by atoms with van der Waals surface area (Å²) in [5.74, 6) is 0.794. The van der Waals surface area contributed by atoms with Crippen molar-refractivity contribution in [1.82, 2.24) is 0 Å². The molecule has 2 rings (SSSR count). The molecule has 0 bridgehead atoms. The number of halogens is 1. The average Bonchev–Trinajstić information content (AvgIpc) is 2.38. The Balaban J connectivity index is 1.79. The van der Waals surface area contributed by atoms with Crippen LogP contribution >= 0.6 is 15.9 Å². The Hall–Kier alpha value is -0.620. The summed E-state index contributed by atoms with van der Waals surface area (Å²) in [5.41, 5.74) is 0. The second-order valence-electron chi connectivity index (χ2n) is 3.87. The molecule has 17 heavy (non-hydrogen) atoms. The van der Waals surface area contributed by atoms with Crippen molar-refractivity contribution < 1.29 is 19.3 Å². The van der Waals surface area contributed by atoms with E-state index in [0.717, 1.165) is 10.2 Å². The van der Waals surface area contributed by atoms with Crippen molar-refractivity contribution in [2.75, 3.05) is 26.4 Å². The first-order valence-corrected chi connectivity index (χ1v) is 6.29. The van der Waals surface area contributed by atoms with Crippen molar-refractivity contribution in [3.05, 3.63) is 28.7 Å². The number of aliphatic hydroxyl groups excluding tert-OH is 1. The Kier molecular flexibility index (Phi) is 4.79. The summed E-state index contributed by atoms with van der Waals surface area (Å²) in [6.45, 7) is 1.37. The fourth-order valence-electron chi connectivity index (χ4n) is 1.58. The molecule has 0 amide bonds. The number of rotatable bonds is 4. The Morgan fingerprint density at radius 1 is 1.24 bits per heavy atom. The fraction of sp³-hybridized carbons (Fsp3) is 0.500. The summed E-state index contributed by atoms with van der Waals surface area (Å²) < 4.78 is 17.5. The van der Waals surface area contributed by atoms with Gasteiger partial charge in [-0.2, -0.15) is 0 Å². The third-order valence-electron chi connectivity index (χ3n) is 2.45. The van der Waals surface area contributed by atoms with Crippen LogP contribution in [0.3, 0.4) is 0 Å². The van der Waals surface area contributed by atoms with Gasteiger partial charge in [0.05, 0.1) is 19.8 Å². The maximum absolute atomic E-state index is 8.97. The van der Waals surface area contributed by atoms with Gasteiger partial charge in [-0.15, -0.1) is 0 Å². The van der Waals surface area contributed by atoms with Crippen LogP contribution in [0.4, 0.5) is 0 Å². The second kappa shape index (κ2) is 6.35. The van der Waals surface area contributed by atoms with Crippen LogP contribution < -0.4 is 4.74 Å². The molecule has 1 heterocycles. The van der Waals surface area contributed by atoms with Gasteiger partial charge in [0.1, 0.15) is 24.6 Å². The molecule has 1 fully saturated rings. The van der Waals surface area contributed by atoms with Gasteiger partial charge in [-0.25, -0.2) is 0 Å². The molecule has 0 spiro atoms. The van der Waals surface area contributed by atoms with Gasteiger partial charge in [0.25, 0.3) is 0 Å². The number of hydrogen-bond acceptors (Lipinski definition) is 4. The molecule has 1 aliphatic rings. The van der Waals surface area contributed by atoms with Gasteiger partial charge in [0, 0.05) is 4.47 Å². The zero-order valence-corrected chi connectivity index (χ0v) is 10.9. The Morgan fingerprint density at radius 3 is 2.65 bits per heavy atom. The molecule has 4 nitrogen and oxygen atoms in total. The van der Waals surface area contributed by atoms with Crippen LogP contribution in [0.1, 0.15) is 0 Å². The predicted molar refractivity (Wildman–Crippen MR) is 66.2 cm³/mol. The van der Waals surface area contributed by atoms with E-state index < -0.39 is 0 Å². The van der Waals surface area contributed by atoms with Crippen molar-refractivity contribution in [1.29, 1.82) is 0 Å². The van der Waals surface area contributed by atoms with Gasteiger partial charge in [0.2, 0.25) is 0 Å². The Bertz CT molecular complexity index is 341. The topological polar surface area (TPSA) is 47.9 Å². The maximum Gasteiger partial charge on any atom is 0.119 e. The maximum atomic E-state index is 8.97. The Morgan fingerprint density at radius 2 is 1.94 bits per heavy atom. The second-order valence-corrected chi connectivity index (χ2v) is 4.78. The monoisotopic (exact) mass is 302 g/mol. The first kappa shape index (κ1) is 12.8. The highest BCUT2D eigenvalue weighted by molar-refractivity contribution is 9.10. The van der Waals surface area contributed by atoms with E-state index in [1.807, 2.05) is 24.3 Å². The highest BCUT2D eigenvalue weighted by Gasteiger charge is 2.22. The van der Waals surface area contributed by atoms with Crippen LogP contribution in [0.2, 0.25) is 0 Å². The highest BCUT2D eigenvalue weighted by atomic mass is 79.9. The zero-order chi connectivity index (χ0) is 12.1. The van der Waals surface area contributed by atoms with Crippen molar-refractivity contribution in [3.8, 4) is 5.75 Å². The molecule has 1 unspecified atom stereocenters. The molecule has 0 saturated carbocycles. The molecule has 0 aromatic heterocycles. The van der Waals surface area contributed by atoms with Crippen molar-refractivity contribution >= 4 is 15.9 Å². The van der Waals surface area contributed by atoms with Crippen LogP contribution in [0.25, 0.3) is 0 Å². The van der Waals surface area contributed by atoms with Crippen molar-refractivity contribution in [2.45, 2.75) is 12.2 Å². The van der Waals surface area contributed by atoms with Crippen LogP contribution in [-0.2, 0) is 9.47 Å². The molecule has 0 radical (unpaired) electrons. The molecule has 2 atom stereocenters. The highest BCUT2D eigenvalue weighted by Crippen LogP contribution is 2.17. The van der Waals surface area contributed by atoms with Gasteiger partial charge in [-0.05, 0) is 24.3 Å².